The molecule has 1 saturated heterocycles. The number of carbonyl (C=O) groups excluding carboxylic acids is 1. The number of benzene rings is 1. The second-order valence-electron chi connectivity index (χ2n) is 4.70. The van der Waals surface area contributed by atoms with E-state index < -0.39 is 0 Å². The molecule has 6 heteroatoms. The fraction of sp³-hybridized carbons (Fsp3) is 0.267. The molecule has 1 fully saturated rings. The zero-order chi connectivity index (χ0) is 14.8. The number of amides is 1. The molecule has 0 saturated carbocycles. The molecule has 1 amide bonds. The topological polar surface area (TPSA) is 42.7 Å². The maximum absolute atomic E-state index is 12.3. The van der Waals surface area contributed by atoms with E-state index >= 15 is 0 Å². The van der Waals surface area contributed by atoms with Gasteiger partial charge in [0.05, 0.1) is 23.3 Å². The SMILES string of the molecule is O=C(c1ccc(-c2ccc(Cl)c(Cl)c2)o1)N1CCOCC1. The van der Waals surface area contributed by atoms with E-state index in [0.29, 0.717) is 47.9 Å². The van der Waals surface area contributed by atoms with E-state index in [9.17, 15) is 4.79 Å². The average Bonchev–Trinajstić information content (AvgIpc) is 3.00. The number of morpholine rings is 1. The first-order valence-corrected chi connectivity index (χ1v) is 7.33. The van der Waals surface area contributed by atoms with Crippen molar-refractivity contribution in [3.63, 3.8) is 0 Å². The van der Waals surface area contributed by atoms with Crippen LogP contribution in [0.25, 0.3) is 11.3 Å². The summed E-state index contributed by atoms with van der Waals surface area (Å²) in [5.74, 6) is 0.785. The van der Waals surface area contributed by atoms with E-state index in [1.165, 1.54) is 0 Å². The molecule has 1 aromatic carbocycles. The van der Waals surface area contributed by atoms with Crippen molar-refractivity contribution in [3.8, 4) is 11.3 Å². The van der Waals surface area contributed by atoms with Crippen molar-refractivity contribution in [1.82, 2.24) is 4.90 Å². The first kappa shape index (κ1) is 14.4. The first-order chi connectivity index (χ1) is 10.1. The van der Waals surface area contributed by atoms with Crippen molar-refractivity contribution in [1.29, 1.82) is 0 Å². The minimum atomic E-state index is -0.121. The van der Waals surface area contributed by atoms with E-state index in [0.717, 1.165) is 5.56 Å². The number of ether oxygens (including phenoxy) is 1. The number of rotatable bonds is 2. The van der Waals surface area contributed by atoms with Crippen LogP contribution in [0.3, 0.4) is 0 Å². The van der Waals surface area contributed by atoms with Crippen LogP contribution in [0.2, 0.25) is 10.0 Å². The summed E-state index contributed by atoms with van der Waals surface area (Å²) in [5, 5.41) is 0.934. The summed E-state index contributed by atoms with van der Waals surface area (Å²) in [5.41, 5.74) is 0.783. The normalized spacial score (nSPS) is 15.2. The highest BCUT2D eigenvalue weighted by molar-refractivity contribution is 6.42. The van der Waals surface area contributed by atoms with E-state index in [4.69, 9.17) is 32.4 Å². The Morgan fingerprint density at radius 1 is 1.05 bits per heavy atom. The third-order valence-electron chi connectivity index (χ3n) is 3.32. The highest BCUT2D eigenvalue weighted by atomic mass is 35.5. The summed E-state index contributed by atoms with van der Waals surface area (Å²) in [6.45, 7) is 2.29. The summed E-state index contributed by atoms with van der Waals surface area (Å²) in [6, 6.07) is 8.65. The Bertz CT molecular complexity index is 663. The molecule has 0 aliphatic carbocycles. The molecule has 1 aromatic heterocycles. The monoisotopic (exact) mass is 325 g/mol. The van der Waals surface area contributed by atoms with Gasteiger partial charge in [0.2, 0.25) is 0 Å². The van der Waals surface area contributed by atoms with Crippen molar-refractivity contribution in [2.45, 2.75) is 0 Å². The zero-order valence-electron chi connectivity index (χ0n) is 11.1. The maximum Gasteiger partial charge on any atom is 0.289 e. The van der Waals surface area contributed by atoms with Crippen molar-refractivity contribution in [2.24, 2.45) is 0 Å². The van der Waals surface area contributed by atoms with Gasteiger partial charge in [-0.3, -0.25) is 4.79 Å². The fourth-order valence-corrected chi connectivity index (χ4v) is 2.48. The van der Waals surface area contributed by atoms with E-state index in [1.54, 1.807) is 35.2 Å². The number of nitrogens with zero attached hydrogens (tertiary/aromatic N) is 1. The minimum absolute atomic E-state index is 0.121. The third-order valence-corrected chi connectivity index (χ3v) is 4.06. The number of halogens is 2. The molecule has 0 atom stereocenters. The third kappa shape index (κ3) is 3.07. The van der Waals surface area contributed by atoms with Crippen LogP contribution in [0.1, 0.15) is 10.6 Å². The van der Waals surface area contributed by atoms with Crippen LogP contribution in [0.4, 0.5) is 0 Å². The Balaban J connectivity index is 1.82. The smallest absolute Gasteiger partial charge is 0.289 e. The molecule has 2 aromatic rings. The molecule has 0 spiro atoms. The summed E-state index contributed by atoms with van der Waals surface area (Å²) < 4.78 is 10.9. The van der Waals surface area contributed by atoms with Gasteiger partial charge < -0.3 is 14.1 Å². The van der Waals surface area contributed by atoms with Crippen molar-refractivity contribution in [2.75, 3.05) is 26.3 Å². The summed E-state index contributed by atoms with van der Waals surface area (Å²) >= 11 is 11.9. The Morgan fingerprint density at radius 2 is 1.81 bits per heavy atom. The Hall–Kier alpha value is -1.49. The van der Waals surface area contributed by atoms with Gasteiger partial charge >= 0.3 is 0 Å². The van der Waals surface area contributed by atoms with Crippen LogP contribution in [-0.4, -0.2) is 37.1 Å². The standard InChI is InChI=1S/C15H13Cl2NO3/c16-11-2-1-10(9-12(11)17)13-3-4-14(21-13)15(19)18-5-7-20-8-6-18/h1-4,9H,5-8H2. The van der Waals surface area contributed by atoms with Crippen molar-refractivity contribution < 1.29 is 13.9 Å². The van der Waals surface area contributed by atoms with Gasteiger partial charge in [-0.2, -0.15) is 0 Å². The van der Waals surface area contributed by atoms with Crippen molar-refractivity contribution >= 4 is 29.1 Å². The molecule has 2 heterocycles. The predicted molar refractivity (Wildman–Crippen MR) is 80.9 cm³/mol. The van der Waals surface area contributed by atoms with Crippen LogP contribution in [0, 0.1) is 0 Å². The Kier molecular flexibility index (Phi) is 4.19. The number of hydrogen-bond acceptors (Lipinski definition) is 3. The number of carbonyl (C=O) groups is 1. The lowest BCUT2D eigenvalue weighted by atomic mass is 10.2. The van der Waals surface area contributed by atoms with Gasteiger partial charge in [0, 0.05) is 18.7 Å². The lowest BCUT2D eigenvalue weighted by molar-refractivity contribution is 0.0283. The van der Waals surface area contributed by atoms with Crippen LogP contribution in [0.5, 0.6) is 0 Å². The van der Waals surface area contributed by atoms with Crippen LogP contribution in [-0.2, 0) is 4.74 Å². The molecule has 0 unspecified atom stereocenters. The largest absolute Gasteiger partial charge is 0.451 e. The van der Waals surface area contributed by atoms with E-state index in [2.05, 4.69) is 0 Å². The molecule has 3 rings (SSSR count). The van der Waals surface area contributed by atoms with Gasteiger partial charge in [-0.15, -0.1) is 0 Å². The van der Waals surface area contributed by atoms with Gasteiger partial charge in [0.25, 0.3) is 5.91 Å². The van der Waals surface area contributed by atoms with Gasteiger partial charge in [-0.1, -0.05) is 23.2 Å². The zero-order valence-corrected chi connectivity index (χ0v) is 12.7. The number of furan rings is 1. The summed E-state index contributed by atoms with van der Waals surface area (Å²) in [6.07, 6.45) is 0. The highest BCUT2D eigenvalue weighted by Crippen LogP contribution is 2.29. The van der Waals surface area contributed by atoms with Gasteiger partial charge in [0.1, 0.15) is 5.76 Å². The molecule has 21 heavy (non-hydrogen) atoms. The second-order valence-corrected chi connectivity index (χ2v) is 5.51. The molecule has 0 bridgehead atoms. The lowest BCUT2D eigenvalue weighted by Crippen LogP contribution is -2.40. The summed E-state index contributed by atoms with van der Waals surface area (Å²) in [4.78, 5) is 14.0. The van der Waals surface area contributed by atoms with E-state index in [1.807, 2.05) is 0 Å². The second kappa shape index (κ2) is 6.10. The molecule has 1 aliphatic rings. The summed E-state index contributed by atoms with van der Waals surface area (Å²) in [7, 11) is 0. The van der Waals surface area contributed by atoms with Crippen LogP contribution < -0.4 is 0 Å². The van der Waals surface area contributed by atoms with Gasteiger partial charge in [-0.25, -0.2) is 0 Å². The molecule has 0 radical (unpaired) electrons. The lowest BCUT2D eigenvalue weighted by Gasteiger charge is -2.25. The molecule has 4 nitrogen and oxygen atoms in total. The Morgan fingerprint density at radius 3 is 2.52 bits per heavy atom. The molecular weight excluding hydrogens is 313 g/mol. The average molecular weight is 326 g/mol. The van der Waals surface area contributed by atoms with Gasteiger partial charge in [0.15, 0.2) is 5.76 Å². The highest BCUT2D eigenvalue weighted by Gasteiger charge is 2.21. The molecule has 110 valence electrons. The van der Waals surface area contributed by atoms with Crippen LogP contribution >= 0.6 is 23.2 Å². The molecular formula is C15H13Cl2NO3. The van der Waals surface area contributed by atoms with E-state index in [-0.39, 0.29) is 5.91 Å². The first-order valence-electron chi connectivity index (χ1n) is 6.57. The minimum Gasteiger partial charge on any atom is -0.451 e. The molecule has 0 N–H and O–H groups in total. The quantitative estimate of drug-likeness (QED) is 0.845. The van der Waals surface area contributed by atoms with Gasteiger partial charge in [-0.05, 0) is 30.3 Å². The maximum atomic E-state index is 12.3. The van der Waals surface area contributed by atoms with Crippen molar-refractivity contribution in [3.05, 3.63) is 46.1 Å². The van der Waals surface area contributed by atoms with Crippen LogP contribution in [0.15, 0.2) is 34.7 Å². The number of hydrogen-bond donors (Lipinski definition) is 0. The fourth-order valence-electron chi connectivity index (χ4n) is 2.18. The Labute approximate surface area is 132 Å². The predicted octanol–water partition coefficient (Wildman–Crippen LogP) is 3.73. The molecule has 1 aliphatic heterocycles.